The number of hydrogen-bond acceptors (Lipinski definition) is 2. The molecule has 3 aromatic rings. The summed E-state index contributed by atoms with van der Waals surface area (Å²) >= 11 is 8.01. The van der Waals surface area contributed by atoms with Crippen molar-refractivity contribution in [1.29, 1.82) is 0 Å². The summed E-state index contributed by atoms with van der Waals surface area (Å²) in [6.45, 7) is 2.97. The summed E-state index contributed by atoms with van der Waals surface area (Å²) in [6.07, 6.45) is 3.22. The smallest absolute Gasteiger partial charge is 0.0499 e. The van der Waals surface area contributed by atoms with Crippen molar-refractivity contribution in [2.45, 2.75) is 13.0 Å². The van der Waals surface area contributed by atoms with Gasteiger partial charge in [-0.15, -0.1) is 11.3 Å². The van der Waals surface area contributed by atoms with Gasteiger partial charge >= 0.3 is 0 Å². The van der Waals surface area contributed by atoms with E-state index in [1.807, 2.05) is 23.5 Å². The second kappa shape index (κ2) is 6.44. The topological polar surface area (TPSA) is 17.0 Å². The molecule has 0 fully saturated rings. The summed E-state index contributed by atoms with van der Waals surface area (Å²) in [6, 6.07) is 12.4. The van der Waals surface area contributed by atoms with Gasteiger partial charge in [0.1, 0.15) is 0 Å². The van der Waals surface area contributed by atoms with Gasteiger partial charge in [0.25, 0.3) is 0 Å². The zero-order chi connectivity index (χ0) is 13.8. The first-order chi connectivity index (χ1) is 9.84. The molecular formula is C16H17ClN2S. The van der Waals surface area contributed by atoms with Crippen molar-refractivity contribution in [3.05, 3.63) is 57.9 Å². The number of nitrogens with one attached hydrogen (secondary N) is 1. The summed E-state index contributed by atoms with van der Waals surface area (Å²) in [4.78, 5) is 1.44. The number of rotatable bonds is 6. The van der Waals surface area contributed by atoms with Crippen LogP contribution in [0.4, 0.5) is 0 Å². The Balaban J connectivity index is 1.51. The van der Waals surface area contributed by atoms with Gasteiger partial charge < -0.3 is 9.88 Å². The van der Waals surface area contributed by atoms with Gasteiger partial charge in [0.05, 0.1) is 0 Å². The molecule has 1 aromatic carbocycles. The van der Waals surface area contributed by atoms with E-state index >= 15 is 0 Å². The molecule has 104 valence electrons. The average molecular weight is 305 g/mol. The van der Waals surface area contributed by atoms with Crippen LogP contribution < -0.4 is 5.32 Å². The van der Waals surface area contributed by atoms with E-state index in [-0.39, 0.29) is 0 Å². The third kappa shape index (κ3) is 3.06. The molecule has 0 unspecified atom stereocenters. The predicted molar refractivity (Wildman–Crippen MR) is 87.8 cm³/mol. The van der Waals surface area contributed by atoms with Crippen LogP contribution in [0.15, 0.2) is 48.0 Å². The van der Waals surface area contributed by atoms with Gasteiger partial charge in [0.2, 0.25) is 0 Å². The molecule has 3 rings (SSSR count). The van der Waals surface area contributed by atoms with Crippen LogP contribution in [0, 0.1) is 0 Å². The van der Waals surface area contributed by atoms with Crippen LogP contribution in [0.5, 0.6) is 0 Å². The lowest BCUT2D eigenvalue weighted by Crippen LogP contribution is -2.21. The normalized spacial score (nSPS) is 11.2. The van der Waals surface area contributed by atoms with Crippen LogP contribution in [0.2, 0.25) is 5.02 Å². The lowest BCUT2D eigenvalue weighted by Gasteiger charge is -2.07. The van der Waals surface area contributed by atoms with Crippen LogP contribution in [-0.2, 0) is 13.0 Å². The molecule has 0 spiro atoms. The van der Waals surface area contributed by atoms with Crippen molar-refractivity contribution in [2.75, 3.05) is 13.1 Å². The van der Waals surface area contributed by atoms with Crippen LogP contribution in [0.1, 0.15) is 4.88 Å². The molecule has 0 radical (unpaired) electrons. The quantitative estimate of drug-likeness (QED) is 0.676. The van der Waals surface area contributed by atoms with E-state index in [2.05, 4.69) is 45.7 Å². The number of halogens is 1. The van der Waals surface area contributed by atoms with E-state index < -0.39 is 0 Å². The third-order valence-corrected chi connectivity index (χ3v) is 4.68. The average Bonchev–Trinajstić information content (AvgIpc) is 3.09. The Morgan fingerprint density at radius 2 is 2.05 bits per heavy atom. The molecule has 0 saturated heterocycles. The third-order valence-electron chi connectivity index (χ3n) is 3.42. The first-order valence-electron chi connectivity index (χ1n) is 6.81. The highest BCUT2D eigenvalue weighted by Crippen LogP contribution is 2.23. The van der Waals surface area contributed by atoms with Gasteiger partial charge in [0, 0.05) is 46.6 Å². The Kier molecular flexibility index (Phi) is 4.41. The maximum Gasteiger partial charge on any atom is 0.0499 e. The summed E-state index contributed by atoms with van der Waals surface area (Å²) in [5.74, 6) is 0. The van der Waals surface area contributed by atoms with Crippen molar-refractivity contribution >= 4 is 33.8 Å². The van der Waals surface area contributed by atoms with Crippen molar-refractivity contribution in [3.63, 3.8) is 0 Å². The minimum Gasteiger partial charge on any atom is -0.346 e. The number of thiophene rings is 1. The minimum atomic E-state index is 0.826. The minimum absolute atomic E-state index is 0.826. The molecule has 0 aliphatic rings. The summed E-state index contributed by atoms with van der Waals surface area (Å²) in [5.41, 5.74) is 1.21. The van der Waals surface area contributed by atoms with Gasteiger partial charge in [-0.1, -0.05) is 23.7 Å². The van der Waals surface area contributed by atoms with Gasteiger partial charge in [-0.25, -0.2) is 0 Å². The van der Waals surface area contributed by atoms with E-state index in [0.29, 0.717) is 0 Å². The molecule has 4 heteroatoms. The highest BCUT2D eigenvalue weighted by atomic mass is 35.5. The van der Waals surface area contributed by atoms with Crippen molar-refractivity contribution in [3.8, 4) is 0 Å². The highest BCUT2D eigenvalue weighted by molar-refractivity contribution is 7.09. The maximum absolute atomic E-state index is 6.18. The van der Waals surface area contributed by atoms with E-state index in [1.54, 1.807) is 0 Å². The first kappa shape index (κ1) is 13.7. The van der Waals surface area contributed by atoms with Gasteiger partial charge in [0.15, 0.2) is 0 Å². The highest BCUT2D eigenvalue weighted by Gasteiger charge is 2.03. The number of nitrogens with zero attached hydrogens (tertiary/aromatic N) is 1. The summed E-state index contributed by atoms with van der Waals surface area (Å²) in [7, 11) is 0. The summed E-state index contributed by atoms with van der Waals surface area (Å²) in [5, 5.41) is 7.58. The van der Waals surface area contributed by atoms with Crippen LogP contribution in [-0.4, -0.2) is 17.7 Å². The Morgan fingerprint density at radius 1 is 1.10 bits per heavy atom. The Bertz CT molecular complexity index is 673. The number of benzene rings is 1. The molecule has 0 aliphatic heterocycles. The Labute approximate surface area is 128 Å². The molecule has 1 N–H and O–H groups in total. The molecule has 2 nitrogen and oxygen atoms in total. The monoisotopic (exact) mass is 304 g/mol. The molecule has 0 atom stereocenters. The fourth-order valence-corrected chi connectivity index (χ4v) is 3.31. The van der Waals surface area contributed by atoms with Gasteiger partial charge in [-0.3, -0.25) is 0 Å². The van der Waals surface area contributed by atoms with Crippen LogP contribution in [0.25, 0.3) is 10.9 Å². The van der Waals surface area contributed by atoms with E-state index in [4.69, 9.17) is 11.6 Å². The Hall–Kier alpha value is -1.29. The zero-order valence-electron chi connectivity index (χ0n) is 11.2. The van der Waals surface area contributed by atoms with Gasteiger partial charge in [-0.2, -0.15) is 0 Å². The zero-order valence-corrected chi connectivity index (χ0v) is 12.8. The van der Waals surface area contributed by atoms with Crippen molar-refractivity contribution in [2.24, 2.45) is 0 Å². The number of fused-ring (bicyclic) bond motifs is 1. The second-order valence-electron chi connectivity index (χ2n) is 4.76. The Morgan fingerprint density at radius 3 is 2.90 bits per heavy atom. The van der Waals surface area contributed by atoms with E-state index in [9.17, 15) is 0 Å². The van der Waals surface area contributed by atoms with Crippen LogP contribution >= 0.6 is 22.9 Å². The standard InChI is InChI=1S/C16H17ClN2S/c17-15-4-1-5-16-14(15)7-10-19(16)11-9-18-8-6-13-3-2-12-20-13/h1-5,7,10,12,18H,6,8-9,11H2. The van der Waals surface area contributed by atoms with E-state index in [0.717, 1.165) is 36.5 Å². The second-order valence-corrected chi connectivity index (χ2v) is 6.20. The van der Waals surface area contributed by atoms with Crippen LogP contribution in [0.3, 0.4) is 0 Å². The van der Waals surface area contributed by atoms with E-state index in [1.165, 1.54) is 10.4 Å². The number of hydrogen-bond donors (Lipinski definition) is 1. The SMILES string of the molecule is Clc1cccc2c1ccn2CCNCCc1cccs1. The molecule has 0 bridgehead atoms. The summed E-state index contributed by atoms with van der Waals surface area (Å²) < 4.78 is 2.25. The number of aromatic nitrogens is 1. The molecule has 0 amide bonds. The molecule has 2 aromatic heterocycles. The molecule has 2 heterocycles. The lowest BCUT2D eigenvalue weighted by molar-refractivity contribution is 0.611. The van der Waals surface area contributed by atoms with Crippen molar-refractivity contribution in [1.82, 2.24) is 9.88 Å². The van der Waals surface area contributed by atoms with Gasteiger partial charge in [-0.05, 0) is 36.1 Å². The largest absolute Gasteiger partial charge is 0.346 e. The lowest BCUT2D eigenvalue weighted by atomic mass is 10.2. The predicted octanol–water partition coefficient (Wildman–Crippen LogP) is 4.19. The molecule has 0 saturated carbocycles. The van der Waals surface area contributed by atoms with Crippen molar-refractivity contribution < 1.29 is 0 Å². The molecule has 0 aliphatic carbocycles. The maximum atomic E-state index is 6.18. The fraction of sp³-hybridized carbons (Fsp3) is 0.250. The molecular weight excluding hydrogens is 288 g/mol. The first-order valence-corrected chi connectivity index (χ1v) is 8.07. The fourth-order valence-electron chi connectivity index (χ4n) is 2.37. The molecule has 20 heavy (non-hydrogen) atoms.